The largest absolute Gasteiger partial charge is 0.376 e. The van der Waals surface area contributed by atoms with Gasteiger partial charge in [0, 0.05) is 44.7 Å². The first-order valence-corrected chi connectivity index (χ1v) is 9.30. The average Bonchev–Trinajstić information content (AvgIpc) is 3.03. The number of halogens is 1. The van der Waals surface area contributed by atoms with Crippen LogP contribution in [0.4, 0.5) is 0 Å². The molecule has 0 bridgehead atoms. The predicted molar refractivity (Wildman–Crippen MR) is 120 cm³/mol. The van der Waals surface area contributed by atoms with Crippen molar-refractivity contribution in [1.29, 1.82) is 0 Å². The number of hydrogen-bond donors (Lipinski definition) is 2. The van der Waals surface area contributed by atoms with E-state index >= 15 is 0 Å². The van der Waals surface area contributed by atoms with Crippen molar-refractivity contribution in [2.45, 2.75) is 39.3 Å². The molecule has 0 spiro atoms. The molecule has 1 saturated heterocycles. The van der Waals surface area contributed by atoms with E-state index in [0.717, 1.165) is 45.2 Å². The number of aliphatic imine (C=N–C) groups is 1. The highest BCUT2D eigenvalue weighted by Crippen LogP contribution is 2.17. The molecule has 0 saturated carbocycles. The molecule has 6 heteroatoms. The van der Waals surface area contributed by atoms with Gasteiger partial charge in [0.1, 0.15) is 0 Å². The van der Waals surface area contributed by atoms with Crippen molar-refractivity contribution in [1.82, 2.24) is 15.5 Å². The summed E-state index contributed by atoms with van der Waals surface area (Å²) in [6.07, 6.45) is 1.16. The minimum Gasteiger partial charge on any atom is -0.376 e. The number of guanidine groups is 1. The number of rotatable bonds is 7. The van der Waals surface area contributed by atoms with Gasteiger partial charge < -0.3 is 20.3 Å². The average molecular weight is 474 g/mol. The molecule has 1 aromatic carbocycles. The minimum atomic E-state index is 0. The summed E-state index contributed by atoms with van der Waals surface area (Å²) in [5.41, 5.74) is 1.39. The molecule has 1 aliphatic rings. The summed E-state index contributed by atoms with van der Waals surface area (Å²) in [5, 5.41) is 6.95. The molecule has 2 N–H and O–H groups in total. The van der Waals surface area contributed by atoms with E-state index in [1.165, 1.54) is 5.56 Å². The Morgan fingerprint density at radius 2 is 1.96 bits per heavy atom. The summed E-state index contributed by atoms with van der Waals surface area (Å²) in [5.74, 6) is 1.58. The standard InChI is InChI=1S/C20H34N4O.HI/c1-20(2,3)23-12-11-22-19(21-4)24-13-10-18(14-24)16-25-15-17-8-6-5-7-9-17;/h5-9,18,23H,10-16H2,1-4H3,(H,21,22);1H. The lowest BCUT2D eigenvalue weighted by molar-refractivity contribution is 0.0907. The summed E-state index contributed by atoms with van der Waals surface area (Å²) < 4.78 is 5.90. The lowest BCUT2D eigenvalue weighted by Gasteiger charge is -2.24. The zero-order valence-electron chi connectivity index (χ0n) is 16.6. The first-order valence-electron chi connectivity index (χ1n) is 9.30. The van der Waals surface area contributed by atoms with Gasteiger partial charge in [-0.15, -0.1) is 24.0 Å². The number of hydrogen-bond acceptors (Lipinski definition) is 3. The van der Waals surface area contributed by atoms with E-state index in [2.05, 4.69) is 65.6 Å². The van der Waals surface area contributed by atoms with E-state index in [9.17, 15) is 0 Å². The minimum absolute atomic E-state index is 0. The predicted octanol–water partition coefficient (Wildman–Crippen LogP) is 3.11. The second-order valence-corrected chi connectivity index (χ2v) is 7.75. The fourth-order valence-corrected chi connectivity index (χ4v) is 3.02. The molecule has 26 heavy (non-hydrogen) atoms. The van der Waals surface area contributed by atoms with Gasteiger partial charge in [-0.2, -0.15) is 0 Å². The molecule has 1 unspecified atom stereocenters. The molecule has 1 aromatic rings. The second-order valence-electron chi connectivity index (χ2n) is 7.75. The van der Waals surface area contributed by atoms with Crippen LogP contribution in [-0.2, 0) is 11.3 Å². The SMILES string of the molecule is CN=C(NCCNC(C)(C)C)N1CCC(COCc2ccccc2)C1.I. The van der Waals surface area contributed by atoms with Crippen LogP contribution in [0.5, 0.6) is 0 Å². The molecule has 148 valence electrons. The van der Waals surface area contributed by atoms with Gasteiger partial charge in [-0.3, -0.25) is 4.99 Å². The van der Waals surface area contributed by atoms with Gasteiger partial charge in [0.15, 0.2) is 5.96 Å². The maximum atomic E-state index is 5.90. The topological polar surface area (TPSA) is 48.9 Å². The third-order valence-corrected chi connectivity index (χ3v) is 4.33. The van der Waals surface area contributed by atoms with Crippen molar-refractivity contribution < 1.29 is 4.74 Å². The third kappa shape index (κ3) is 8.68. The fourth-order valence-electron chi connectivity index (χ4n) is 3.02. The summed E-state index contributed by atoms with van der Waals surface area (Å²) >= 11 is 0. The molecule has 0 aliphatic carbocycles. The van der Waals surface area contributed by atoms with Gasteiger partial charge in [0.05, 0.1) is 13.2 Å². The quantitative estimate of drug-likeness (QED) is 0.276. The fraction of sp³-hybridized carbons (Fsp3) is 0.650. The van der Waals surface area contributed by atoms with Crippen LogP contribution in [0.3, 0.4) is 0 Å². The molecule has 1 aliphatic heterocycles. The van der Waals surface area contributed by atoms with E-state index in [1.807, 2.05) is 13.1 Å². The van der Waals surface area contributed by atoms with Crippen LogP contribution in [-0.4, -0.2) is 56.2 Å². The summed E-state index contributed by atoms with van der Waals surface area (Å²) in [4.78, 5) is 6.77. The summed E-state index contributed by atoms with van der Waals surface area (Å²) in [7, 11) is 1.86. The lowest BCUT2D eigenvalue weighted by Crippen LogP contribution is -2.45. The van der Waals surface area contributed by atoms with Crippen molar-refractivity contribution >= 4 is 29.9 Å². The highest BCUT2D eigenvalue weighted by atomic mass is 127. The van der Waals surface area contributed by atoms with E-state index in [1.54, 1.807) is 0 Å². The number of benzene rings is 1. The van der Waals surface area contributed by atoms with Crippen molar-refractivity contribution in [3.63, 3.8) is 0 Å². The molecule has 5 nitrogen and oxygen atoms in total. The van der Waals surface area contributed by atoms with E-state index in [4.69, 9.17) is 4.74 Å². The summed E-state index contributed by atoms with van der Waals surface area (Å²) in [6, 6.07) is 10.4. The van der Waals surface area contributed by atoms with E-state index < -0.39 is 0 Å². The van der Waals surface area contributed by atoms with Gasteiger partial charge in [0.2, 0.25) is 0 Å². The molecule has 0 amide bonds. The van der Waals surface area contributed by atoms with Crippen molar-refractivity contribution in [2.75, 3.05) is 39.8 Å². The highest BCUT2D eigenvalue weighted by Gasteiger charge is 2.24. The Labute approximate surface area is 176 Å². The van der Waals surface area contributed by atoms with Crippen LogP contribution in [0.15, 0.2) is 35.3 Å². The van der Waals surface area contributed by atoms with Gasteiger partial charge in [-0.05, 0) is 32.8 Å². The van der Waals surface area contributed by atoms with Crippen molar-refractivity contribution in [3.05, 3.63) is 35.9 Å². The van der Waals surface area contributed by atoms with E-state index in [0.29, 0.717) is 12.5 Å². The molecule has 0 aromatic heterocycles. The first-order chi connectivity index (χ1) is 12.0. The van der Waals surface area contributed by atoms with Gasteiger partial charge in [0.25, 0.3) is 0 Å². The zero-order valence-corrected chi connectivity index (χ0v) is 19.0. The number of nitrogens with zero attached hydrogens (tertiary/aromatic N) is 2. The van der Waals surface area contributed by atoms with Gasteiger partial charge in [-0.1, -0.05) is 30.3 Å². The van der Waals surface area contributed by atoms with Gasteiger partial charge in [-0.25, -0.2) is 0 Å². The maximum Gasteiger partial charge on any atom is 0.193 e. The number of nitrogens with one attached hydrogen (secondary N) is 2. The Morgan fingerprint density at radius 3 is 2.62 bits per heavy atom. The van der Waals surface area contributed by atoms with Crippen LogP contribution >= 0.6 is 24.0 Å². The zero-order chi connectivity index (χ0) is 18.1. The van der Waals surface area contributed by atoms with Crippen LogP contribution < -0.4 is 10.6 Å². The Kier molecular flexibility index (Phi) is 10.5. The Bertz CT molecular complexity index is 530. The normalized spacial score (nSPS) is 17.9. The molecule has 1 atom stereocenters. The number of ether oxygens (including phenoxy) is 1. The molecule has 1 fully saturated rings. The lowest BCUT2D eigenvalue weighted by atomic mass is 10.1. The summed E-state index contributed by atoms with van der Waals surface area (Å²) in [6.45, 7) is 11.9. The maximum absolute atomic E-state index is 5.90. The Hall–Kier alpha value is -0.860. The van der Waals surface area contributed by atoms with E-state index in [-0.39, 0.29) is 29.5 Å². The highest BCUT2D eigenvalue weighted by molar-refractivity contribution is 14.0. The molecular formula is C20H35IN4O. The van der Waals surface area contributed by atoms with Crippen molar-refractivity contribution in [3.8, 4) is 0 Å². The van der Waals surface area contributed by atoms with Gasteiger partial charge >= 0.3 is 0 Å². The smallest absolute Gasteiger partial charge is 0.193 e. The molecule has 0 radical (unpaired) electrons. The number of likely N-dealkylation sites (tertiary alicyclic amines) is 1. The Morgan fingerprint density at radius 1 is 1.23 bits per heavy atom. The second kappa shape index (κ2) is 11.8. The van der Waals surface area contributed by atoms with Crippen molar-refractivity contribution in [2.24, 2.45) is 10.9 Å². The van der Waals surface area contributed by atoms with Crippen LogP contribution in [0.25, 0.3) is 0 Å². The molecule has 2 rings (SSSR count). The van der Waals surface area contributed by atoms with Crippen LogP contribution in [0, 0.1) is 5.92 Å². The first kappa shape index (κ1) is 23.2. The molecule has 1 heterocycles. The van der Waals surface area contributed by atoms with Crippen LogP contribution in [0.1, 0.15) is 32.8 Å². The monoisotopic (exact) mass is 474 g/mol. The Balaban J connectivity index is 0.00000338. The third-order valence-electron chi connectivity index (χ3n) is 4.33. The molecular weight excluding hydrogens is 439 g/mol. The van der Waals surface area contributed by atoms with Crippen LogP contribution in [0.2, 0.25) is 0 Å².